The Kier molecular flexibility index (Phi) is 7.65. The number of hydrogen-bond donors (Lipinski definition) is 1. The van der Waals surface area contributed by atoms with Crippen molar-refractivity contribution in [3.05, 3.63) is 131 Å². The van der Waals surface area contributed by atoms with Crippen LogP contribution in [-0.2, 0) is 11.4 Å². The van der Waals surface area contributed by atoms with Crippen LogP contribution in [-0.4, -0.2) is 12.6 Å². The minimum Gasteiger partial charge on any atom is -0.489 e. The number of benzene rings is 4. The largest absolute Gasteiger partial charge is 0.489 e. The summed E-state index contributed by atoms with van der Waals surface area (Å²) in [6.07, 6.45) is 0. The summed E-state index contributed by atoms with van der Waals surface area (Å²) in [6.45, 7) is 1.78. The molecule has 1 aliphatic heterocycles. The fraction of sp³-hybridized carbons (Fsp3) is 0.125. The Balaban J connectivity index is 1.30. The molecule has 5 rings (SSSR count). The van der Waals surface area contributed by atoms with Gasteiger partial charge in [-0.2, -0.15) is 5.26 Å². The molecule has 4 aromatic rings. The summed E-state index contributed by atoms with van der Waals surface area (Å²) in [4.78, 5) is 12.4. The van der Waals surface area contributed by atoms with Crippen LogP contribution in [0.4, 0.5) is 4.39 Å². The summed E-state index contributed by atoms with van der Waals surface area (Å²) in [5, 5.41) is 9.84. The third kappa shape index (κ3) is 5.89. The standard InChI is InChI=1S/C32H25FN2O5/c1-20-6-10-23(11-7-20)38-19-30(36)39-25-14-15-26-29(16-25)40-32(35)27(17-34)31(26)21-8-12-24(13-9-21)37-18-22-4-2-3-5-28(22)33/h2-16,31H,18-19,35H2,1H3. The number of halogens is 1. The molecule has 0 bridgehead atoms. The summed E-state index contributed by atoms with van der Waals surface area (Å²) in [5.74, 6) is 0.261. The SMILES string of the molecule is Cc1ccc(OCC(=O)Oc2ccc3c(c2)OC(N)=C(C#N)C3c2ccc(OCc3ccccc3F)cc2)cc1. The van der Waals surface area contributed by atoms with Crippen LogP contribution in [0, 0.1) is 24.1 Å². The Morgan fingerprint density at radius 3 is 2.35 bits per heavy atom. The highest BCUT2D eigenvalue weighted by Gasteiger charge is 2.31. The number of nitriles is 1. The quantitative estimate of drug-likeness (QED) is 0.220. The molecule has 0 aromatic heterocycles. The zero-order valence-electron chi connectivity index (χ0n) is 21.6. The molecular formula is C32H25FN2O5. The summed E-state index contributed by atoms with van der Waals surface area (Å²) >= 11 is 0. The number of carbonyl (C=O) groups is 1. The lowest BCUT2D eigenvalue weighted by Gasteiger charge is -2.26. The van der Waals surface area contributed by atoms with Crippen molar-refractivity contribution in [2.24, 2.45) is 5.73 Å². The summed E-state index contributed by atoms with van der Waals surface area (Å²) in [7, 11) is 0. The molecule has 7 nitrogen and oxygen atoms in total. The summed E-state index contributed by atoms with van der Waals surface area (Å²) in [6, 6.07) is 27.9. The monoisotopic (exact) mass is 536 g/mol. The highest BCUT2D eigenvalue weighted by atomic mass is 19.1. The second-order valence-electron chi connectivity index (χ2n) is 9.15. The number of allylic oxidation sites excluding steroid dienone is 1. The molecule has 0 radical (unpaired) electrons. The topological polar surface area (TPSA) is 104 Å². The van der Waals surface area contributed by atoms with Crippen molar-refractivity contribution < 1.29 is 28.1 Å². The van der Waals surface area contributed by atoms with Crippen LogP contribution in [0.3, 0.4) is 0 Å². The molecule has 8 heteroatoms. The maximum absolute atomic E-state index is 13.9. The van der Waals surface area contributed by atoms with E-state index in [4.69, 9.17) is 24.7 Å². The number of ether oxygens (including phenoxy) is 4. The van der Waals surface area contributed by atoms with E-state index in [9.17, 15) is 14.4 Å². The van der Waals surface area contributed by atoms with Gasteiger partial charge in [-0.15, -0.1) is 0 Å². The van der Waals surface area contributed by atoms with Gasteiger partial charge in [-0.25, -0.2) is 9.18 Å². The maximum Gasteiger partial charge on any atom is 0.349 e. The van der Waals surface area contributed by atoms with Crippen molar-refractivity contribution in [3.63, 3.8) is 0 Å². The lowest BCUT2D eigenvalue weighted by molar-refractivity contribution is -0.136. The first-order chi connectivity index (χ1) is 19.4. The van der Waals surface area contributed by atoms with Crippen LogP contribution in [0.15, 0.2) is 102 Å². The van der Waals surface area contributed by atoms with E-state index in [1.807, 2.05) is 31.2 Å². The third-order valence-electron chi connectivity index (χ3n) is 6.37. The van der Waals surface area contributed by atoms with Gasteiger partial charge in [0.15, 0.2) is 6.61 Å². The third-order valence-corrected chi connectivity index (χ3v) is 6.37. The van der Waals surface area contributed by atoms with E-state index < -0.39 is 11.9 Å². The van der Waals surface area contributed by atoms with Crippen LogP contribution in [0.5, 0.6) is 23.0 Å². The predicted molar refractivity (Wildman–Crippen MR) is 145 cm³/mol. The van der Waals surface area contributed by atoms with E-state index in [0.717, 1.165) is 11.1 Å². The first-order valence-corrected chi connectivity index (χ1v) is 12.5. The first-order valence-electron chi connectivity index (χ1n) is 12.5. The molecule has 1 atom stereocenters. The summed E-state index contributed by atoms with van der Waals surface area (Å²) in [5.41, 5.74) is 9.35. The van der Waals surface area contributed by atoms with Crippen LogP contribution < -0.4 is 24.7 Å². The van der Waals surface area contributed by atoms with E-state index in [1.54, 1.807) is 60.7 Å². The van der Waals surface area contributed by atoms with Crippen LogP contribution in [0.1, 0.15) is 28.2 Å². The van der Waals surface area contributed by atoms with Crippen molar-refractivity contribution in [1.82, 2.24) is 0 Å². The van der Waals surface area contributed by atoms with Gasteiger partial charge >= 0.3 is 5.97 Å². The lowest BCUT2D eigenvalue weighted by atomic mass is 9.83. The zero-order valence-corrected chi connectivity index (χ0v) is 21.6. The fourth-order valence-corrected chi connectivity index (χ4v) is 4.31. The van der Waals surface area contributed by atoms with Crippen molar-refractivity contribution in [1.29, 1.82) is 5.26 Å². The molecule has 0 aliphatic carbocycles. The number of aryl methyl sites for hydroxylation is 1. The average Bonchev–Trinajstić information content (AvgIpc) is 2.96. The Hall–Kier alpha value is -5.29. The van der Waals surface area contributed by atoms with Crippen molar-refractivity contribution in [3.8, 4) is 29.1 Å². The van der Waals surface area contributed by atoms with Crippen LogP contribution in [0.2, 0.25) is 0 Å². The van der Waals surface area contributed by atoms with Gasteiger partial charge in [0.2, 0.25) is 5.88 Å². The Bertz CT molecular complexity index is 1610. The first kappa shape index (κ1) is 26.3. The minimum absolute atomic E-state index is 0.0361. The van der Waals surface area contributed by atoms with Gasteiger partial charge in [0, 0.05) is 17.2 Å². The van der Waals surface area contributed by atoms with Gasteiger partial charge in [0.05, 0.1) is 5.92 Å². The lowest BCUT2D eigenvalue weighted by Crippen LogP contribution is -2.21. The molecule has 0 amide bonds. The van der Waals surface area contributed by atoms with Crippen LogP contribution >= 0.6 is 0 Å². The van der Waals surface area contributed by atoms with Gasteiger partial charge in [0.25, 0.3) is 0 Å². The highest BCUT2D eigenvalue weighted by molar-refractivity contribution is 5.74. The average molecular weight is 537 g/mol. The highest BCUT2D eigenvalue weighted by Crippen LogP contribution is 2.43. The second-order valence-corrected chi connectivity index (χ2v) is 9.15. The number of esters is 1. The number of hydrogen-bond acceptors (Lipinski definition) is 7. The molecule has 1 heterocycles. The predicted octanol–water partition coefficient (Wildman–Crippen LogP) is 5.92. The van der Waals surface area contributed by atoms with Crippen molar-refractivity contribution in [2.75, 3.05) is 6.61 Å². The normalized spacial score (nSPS) is 14.0. The molecule has 0 fully saturated rings. The number of nitrogens with zero attached hydrogens (tertiary/aromatic N) is 1. The maximum atomic E-state index is 13.9. The molecule has 4 aromatic carbocycles. The van der Waals surface area contributed by atoms with E-state index in [0.29, 0.717) is 28.4 Å². The summed E-state index contributed by atoms with van der Waals surface area (Å²) < 4.78 is 36.3. The molecule has 1 unspecified atom stereocenters. The molecule has 2 N–H and O–H groups in total. The van der Waals surface area contributed by atoms with Gasteiger partial charge in [-0.3, -0.25) is 0 Å². The van der Waals surface area contributed by atoms with Gasteiger partial charge in [-0.1, -0.05) is 54.1 Å². The molecule has 0 saturated carbocycles. The van der Waals surface area contributed by atoms with Gasteiger partial charge in [-0.05, 0) is 48.9 Å². The van der Waals surface area contributed by atoms with E-state index in [2.05, 4.69) is 6.07 Å². The van der Waals surface area contributed by atoms with E-state index in [-0.39, 0.29) is 36.2 Å². The molecule has 0 spiro atoms. The fourth-order valence-electron chi connectivity index (χ4n) is 4.31. The molecular weight excluding hydrogens is 511 g/mol. The van der Waals surface area contributed by atoms with E-state index >= 15 is 0 Å². The molecule has 0 saturated heterocycles. The van der Waals surface area contributed by atoms with Crippen LogP contribution in [0.25, 0.3) is 0 Å². The van der Waals surface area contributed by atoms with Crippen molar-refractivity contribution >= 4 is 5.97 Å². The second kappa shape index (κ2) is 11.6. The number of rotatable bonds is 8. The minimum atomic E-state index is -0.583. The van der Waals surface area contributed by atoms with E-state index in [1.165, 1.54) is 6.07 Å². The Morgan fingerprint density at radius 2 is 1.62 bits per heavy atom. The van der Waals surface area contributed by atoms with Gasteiger partial charge < -0.3 is 24.7 Å². The Labute approximate surface area is 230 Å². The number of carbonyl (C=O) groups excluding carboxylic acids is 1. The Morgan fingerprint density at radius 1 is 0.950 bits per heavy atom. The van der Waals surface area contributed by atoms with Crippen molar-refractivity contribution in [2.45, 2.75) is 19.4 Å². The smallest absolute Gasteiger partial charge is 0.349 e. The molecule has 40 heavy (non-hydrogen) atoms. The molecule has 1 aliphatic rings. The van der Waals surface area contributed by atoms with Gasteiger partial charge in [0.1, 0.15) is 47.1 Å². The number of fused-ring (bicyclic) bond motifs is 1. The molecule has 200 valence electrons. The zero-order chi connectivity index (χ0) is 28.1. The number of nitrogens with two attached hydrogens (primary N) is 1.